The second-order valence-corrected chi connectivity index (χ2v) is 7.19. The Kier molecular flexibility index (Phi) is 5.04. The molecule has 1 aliphatic rings. The molecule has 0 radical (unpaired) electrons. The molecule has 2 aromatic carbocycles. The zero-order valence-corrected chi connectivity index (χ0v) is 15.3. The third-order valence-electron chi connectivity index (χ3n) is 5.34. The van der Waals surface area contributed by atoms with E-state index in [1.807, 2.05) is 0 Å². The third-order valence-corrected chi connectivity index (χ3v) is 5.34. The van der Waals surface area contributed by atoms with E-state index in [0.29, 0.717) is 17.8 Å². The van der Waals surface area contributed by atoms with Crippen LogP contribution in [0.4, 0.5) is 0 Å². The Morgan fingerprint density at radius 2 is 1.50 bits per heavy atom. The molecule has 2 atom stereocenters. The van der Waals surface area contributed by atoms with E-state index in [2.05, 4.69) is 94.5 Å². The van der Waals surface area contributed by atoms with Gasteiger partial charge in [0.2, 0.25) is 0 Å². The van der Waals surface area contributed by atoms with Crippen molar-refractivity contribution in [1.82, 2.24) is 0 Å². The summed E-state index contributed by atoms with van der Waals surface area (Å²) in [6.45, 7) is 9.02. The van der Waals surface area contributed by atoms with E-state index in [-0.39, 0.29) is 0 Å². The van der Waals surface area contributed by atoms with Gasteiger partial charge in [0, 0.05) is 11.8 Å². The van der Waals surface area contributed by atoms with Crippen molar-refractivity contribution in [3.63, 3.8) is 0 Å². The first-order chi connectivity index (χ1) is 11.6. The van der Waals surface area contributed by atoms with Gasteiger partial charge >= 0.3 is 0 Å². The molecule has 0 amide bonds. The molecule has 3 rings (SSSR count). The quantitative estimate of drug-likeness (QED) is 0.583. The van der Waals surface area contributed by atoms with Gasteiger partial charge in [-0.3, -0.25) is 0 Å². The SMILES string of the molecule is CCC(C)C1=CC=CC1C(c1cccc(C)c1)c1cccc(C)c1. The summed E-state index contributed by atoms with van der Waals surface area (Å²) in [6, 6.07) is 18.1. The van der Waals surface area contributed by atoms with Gasteiger partial charge < -0.3 is 0 Å². The minimum absolute atomic E-state index is 0.392. The smallest absolute Gasteiger partial charge is 0.0190 e. The lowest BCUT2D eigenvalue weighted by Gasteiger charge is -2.29. The summed E-state index contributed by atoms with van der Waals surface area (Å²) in [6.07, 6.45) is 8.19. The van der Waals surface area contributed by atoms with Gasteiger partial charge in [0.15, 0.2) is 0 Å². The molecule has 0 saturated heterocycles. The molecule has 0 nitrogen and oxygen atoms in total. The summed E-state index contributed by atoms with van der Waals surface area (Å²) in [5, 5.41) is 0. The van der Waals surface area contributed by atoms with E-state index in [1.165, 1.54) is 28.7 Å². The average molecular weight is 316 g/mol. The first kappa shape index (κ1) is 16.8. The highest BCUT2D eigenvalue weighted by Gasteiger charge is 2.29. The fourth-order valence-corrected chi connectivity index (χ4v) is 3.87. The van der Waals surface area contributed by atoms with Gasteiger partial charge in [-0.25, -0.2) is 0 Å². The van der Waals surface area contributed by atoms with Gasteiger partial charge in [-0.15, -0.1) is 0 Å². The van der Waals surface area contributed by atoms with E-state index >= 15 is 0 Å². The molecule has 0 spiro atoms. The standard InChI is InChI=1S/C24H28/c1-5-19(4)22-13-8-14-23(22)24(20-11-6-9-17(2)15-20)21-12-7-10-18(3)16-21/h6-16,19,23-24H,5H2,1-4H3. The molecule has 0 bridgehead atoms. The van der Waals surface area contributed by atoms with Crippen LogP contribution in [0.3, 0.4) is 0 Å². The van der Waals surface area contributed by atoms with Crippen molar-refractivity contribution in [2.24, 2.45) is 11.8 Å². The maximum absolute atomic E-state index is 2.40. The molecule has 0 heteroatoms. The Morgan fingerprint density at radius 3 is 2.00 bits per heavy atom. The molecule has 24 heavy (non-hydrogen) atoms. The molecule has 0 heterocycles. The number of aryl methyl sites for hydroxylation is 2. The molecule has 2 unspecified atom stereocenters. The number of rotatable bonds is 5. The summed E-state index contributed by atoms with van der Waals surface area (Å²) in [5.74, 6) is 1.48. The molecule has 124 valence electrons. The number of hydrogen-bond acceptors (Lipinski definition) is 0. The molecule has 0 aromatic heterocycles. The molecule has 0 fully saturated rings. The Labute approximate surface area is 146 Å². The monoisotopic (exact) mass is 316 g/mol. The summed E-state index contributed by atoms with van der Waals surface area (Å²) < 4.78 is 0. The summed E-state index contributed by atoms with van der Waals surface area (Å²) in [4.78, 5) is 0. The topological polar surface area (TPSA) is 0 Å². The van der Waals surface area contributed by atoms with Crippen molar-refractivity contribution in [2.75, 3.05) is 0 Å². The van der Waals surface area contributed by atoms with Crippen molar-refractivity contribution < 1.29 is 0 Å². The van der Waals surface area contributed by atoms with Crippen molar-refractivity contribution in [3.05, 3.63) is 94.6 Å². The van der Waals surface area contributed by atoms with Crippen LogP contribution in [0.25, 0.3) is 0 Å². The molecule has 0 N–H and O–H groups in total. The maximum atomic E-state index is 2.40. The van der Waals surface area contributed by atoms with Crippen LogP contribution in [0.2, 0.25) is 0 Å². The van der Waals surface area contributed by atoms with Gasteiger partial charge in [-0.2, -0.15) is 0 Å². The summed E-state index contributed by atoms with van der Waals surface area (Å²) in [5.41, 5.74) is 7.09. The Morgan fingerprint density at radius 1 is 0.917 bits per heavy atom. The van der Waals surface area contributed by atoms with Crippen LogP contribution in [0, 0.1) is 25.7 Å². The highest BCUT2D eigenvalue weighted by molar-refractivity contribution is 5.43. The van der Waals surface area contributed by atoms with Gasteiger partial charge in [0.05, 0.1) is 0 Å². The van der Waals surface area contributed by atoms with E-state index in [0.717, 1.165) is 0 Å². The van der Waals surface area contributed by atoms with Crippen molar-refractivity contribution in [3.8, 4) is 0 Å². The van der Waals surface area contributed by atoms with E-state index in [4.69, 9.17) is 0 Å². The number of hydrogen-bond donors (Lipinski definition) is 0. The minimum atomic E-state index is 0.392. The van der Waals surface area contributed by atoms with Crippen molar-refractivity contribution in [1.29, 1.82) is 0 Å². The number of allylic oxidation sites excluding steroid dienone is 4. The molecular formula is C24H28. The summed E-state index contributed by atoms with van der Waals surface area (Å²) >= 11 is 0. The largest absolute Gasteiger partial charge is 0.0764 e. The lowest BCUT2D eigenvalue weighted by atomic mass is 9.74. The molecule has 0 aliphatic heterocycles. The van der Waals surface area contributed by atoms with Gasteiger partial charge in [-0.05, 0) is 37.3 Å². The fourth-order valence-electron chi connectivity index (χ4n) is 3.87. The van der Waals surface area contributed by atoms with Crippen LogP contribution < -0.4 is 0 Å². The Bertz CT molecular complexity index is 718. The molecule has 0 saturated carbocycles. The van der Waals surface area contributed by atoms with E-state index < -0.39 is 0 Å². The molecular weight excluding hydrogens is 288 g/mol. The van der Waals surface area contributed by atoms with Gasteiger partial charge in [0.1, 0.15) is 0 Å². The normalized spacial score (nSPS) is 18.0. The molecule has 2 aromatic rings. The van der Waals surface area contributed by atoms with Crippen LogP contribution in [-0.4, -0.2) is 0 Å². The van der Waals surface area contributed by atoms with E-state index in [9.17, 15) is 0 Å². The third kappa shape index (κ3) is 3.38. The molecule has 1 aliphatic carbocycles. The van der Waals surface area contributed by atoms with Gasteiger partial charge in [0.25, 0.3) is 0 Å². The first-order valence-corrected chi connectivity index (χ1v) is 9.11. The minimum Gasteiger partial charge on any atom is -0.0764 e. The van der Waals surface area contributed by atoms with Crippen molar-refractivity contribution >= 4 is 0 Å². The Balaban J connectivity index is 2.09. The zero-order chi connectivity index (χ0) is 17.1. The number of benzene rings is 2. The highest BCUT2D eigenvalue weighted by Crippen LogP contribution is 2.42. The maximum Gasteiger partial charge on any atom is 0.0190 e. The predicted octanol–water partition coefficient (Wildman–Crippen LogP) is 6.59. The van der Waals surface area contributed by atoms with Crippen LogP contribution >= 0.6 is 0 Å². The lowest BCUT2D eigenvalue weighted by Crippen LogP contribution is -2.17. The second kappa shape index (κ2) is 7.21. The van der Waals surface area contributed by atoms with Crippen molar-refractivity contribution in [2.45, 2.75) is 40.0 Å². The summed E-state index contributed by atoms with van der Waals surface area (Å²) in [7, 11) is 0. The average Bonchev–Trinajstić information content (AvgIpc) is 3.04. The van der Waals surface area contributed by atoms with Crippen LogP contribution in [-0.2, 0) is 0 Å². The Hall–Kier alpha value is -2.08. The van der Waals surface area contributed by atoms with Crippen LogP contribution in [0.5, 0.6) is 0 Å². The fraction of sp³-hybridized carbons (Fsp3) is 0.333. The second-order valence-electron chi connectivity index (χ2n) is 7.19. The lowest BCUT2D eigenvalue weighted by molar-refractivity contribution is 0.542. The van der Waals surface area contributed by atoms with E-state index in [1.54, 1.807) is 5.57 Å². The zero-order valence-electron chi connectivity index (χ0n) is 15.3. The van der Waals surface area contributed by atoms with Crippen LogP contribution in [0.1, 0.15) is 48.4 Å². The first-order valence-electron chi connectivity index (χ1n) is 9.11. The van der Waals surface area contributed by atoms with Crippen LogP contribution in [0.15, 0.2) is 72.3 Å². The van der Waals surface area contributed by atoms with Gasteiger partial charge in [-0.1, -0.05) is 97.3 Å². The highest BCUT2D eigenvalue weighted by atomic mass is 14.3. The predicted molar refractivity (Wildman–Crippen MR) is 104 cm³/mol.